The van der Waals surface area contributed by atoms with Gasteiger partial charge < -0.3 is 0 Å². The Morgan fingerprint density at radius 3 is 2.47 bits per heavy atom. The van der Waals surface area contributed by atoms with Crippen LogP contribution in [0.15, 0.2) is 36.9 Å². The Bertz CT molecular complexity index is 544. The van der Waals surface area contributed by atoms with Crippen LogP contribution >= 0.6 is 0 Å². The van der Waals surface area contributed by atoms with Gasteiger partial charge in [-0.1, -0.05) is 0 Å². The molecular weight excluding hydrogens is 259 g/mol. The summed E-state index contributed by atoms with van der Waals surface area (Å²) in [6.45, 7) is 0. The van der Waals surface area contributed by atoms with E-state index in [0.717, 1.165) is 18.5 Å². The van der Waals surface area contributed by atoms with E-state index in [4.69, 9.17) is 5.84 Å². The van der Waals surface area contributed by atoms with Crippen LogP contribution in [0.3, 0.4) is 0 Å². The van der Waals surface area contributed by atoms with Gasteiger partial charge in [0, 0.05) is 24.2 Å². The summed E-state index contributed by atoms with van der Waals surface area (Å²) in [7, 11) is 0. The molecule has 0 aromatic carbocycles. The molecule has 2 aromatic heterocycles. The molecule has 2 heterocycles. The van der Waals surface area contributed by atoms with Crippen molar-refractivity contribution in [2.45, 2.75) is 12.2 Å². The molecule has 19 heavy (non-hydrogen) atoms. The Balaban J connectivity index is 2.51. The molecule has 8 heteroatoms. The lowest BCUT2D eigenvalue weighted by atomic mass is 9.98. The van der Waals surface area contributed by atoms with Gasteiger partial charge in [-0.05, 0) is 17.7 Å². The molecule has 0 saturated heterocycles. The van der Waals surface area contributed by atoms with Crippen LogP contribution in [0, 0.1) is 0 Å². The lowest BCUT2D eigenvalue weighted by Crippen LogP contribution is -2.31. The summed E-state index contributed by atoms with van der Waals surface area (Å²) in [5.74, 6) is 5.36. The topological polar surface area (TPSA) is 76.7 Å². The summed E-state index contributed by atoms with van der Waals surface area (Å²) < 4.78 is 38.8. The number of hydrazine groups is 1. The summed E-state index contributed by atoms with van der Waals surface area (Å²) >= 11 is 0. The number of hydrogen-bond donors (Lipinski definition) is 2. The number of halogens is 3. The minimum atomic E-state index is -4.48. The fraction of sp³-hybridized carbons (Fsp3) is 0.182. The second-order valence-electron chi connectivity index (χ2n) is 3.74. The molecule has 0 aliphatic heterocycles. The van der Waals surface area contributed by atoms with Crippen molar-refractivity contribution in [3.05, 3.63) is 53.6 Å². The van der Waals surface area contributed by atoms with E-state index >= 15 is 0 Å². The first kappa shape index (κ1) is 13.4. The third kappa shape index (κ3) is 2.85. The van der Waals surface area contributed by atoms with Crippen molar-refractivity contribution in [3.8, 4) is 0 Å². The number of hydrogen-bond acceptors (Lipinski definition) is 5. The number of nitrogens with one attached hydrogen (secondary N) is 1. The largest absolute Gasteiger partial charge is 0.416 e. The smallest absolute Gasteiger partial charge is 0.271 e. The van der Waals surface area contributed by atoms with Crippen LogP contribution in [0.25, 0.3) is 0 Å². The Kier molecular flexibility index (Phi) is 3.72. The average molecular weight is 269 g/mol. The van der Waals surface area contributed by atoms with Gasteiger partial charge in [0.05, 0.1) is 17.8 Å². The Morgan fingerprint density at radius 1 is 1.11 bits per heavy atom. The normalized spacial score (nSPS) is 13.3. The fourth-order valence-electron chi connectivity index (χ4n) is 1.73. The Labute approximate surface area is 106 Å². The first-order valence-corrected chi connectivity index (χ1v) is 5.28. The number of alkyl halides is 3. The summed E-state index contributed by atoms with van der Waals surface area (Å²) in [6, 6.07) is 1.58. The highest BCUT2D eigenvalue weighted by Crippen LogP contribution is 2.35. The maximum absolute atomic E-state index is 12.9. The zero-order valence-electron chi connectivity index (χ0n) is 9.59. The first-order chi connectivity index (χ1) is 9.04. The zero-order chi connectivity index (χ0) is 13.9. The van der Waals surface area contributed by atoms with Crippen molar-refractivity contribution in [3.63, 3.8) is 0 Å². The molecule has 1 unspecified atom stereocenters. The van der Waals surface area contributed by atoms with E-state index in [1.54, 1.807) is 0 Å². The van der Waals surface area contributed by atoms with Crippen LogP contribution in [-0.2, 0) is 6.18 Å². The molecule has 3 N–H and O–H groups in total. The maximum Gasteiger partial charge on any atom is 0.416 e. The van der Waals surface area contributed by atoms with Gasteiger partial charge in [-0.2, -0.15) is 23.4 Å². The molecule has 0 saturated carbocycles. The van der Waals surface area contributed by atoms with Crippen molar-refractivity contribution < 1.29 is 13.2 Å². The molecule has 0 bridgehead atoms. The lowest BCUT2D eigenvalue weighted by Gasteiger charge is -2.20. The average Bonchev–Trinajstić information content (AvgIpc) is 2.40. The van der Waals surface area contributed by atoms with E-state index in [1.807, 2.05) is 0 Å². The summed E-state index contributed by atoms with van der Waals surface area (Å²) in [5, 5.41) is 7.19. The van der Waals surface area contributed by atoms with Gasteiger partial charge in [0.1, 0.15) is 0 Å². The standard InChI is InChI=1S/C11H10F3N5/c12-11(13,14)9-2-3-16-6-8(9)10(19-15)7-1-4-17-18-5-7/h1-6,10,19H,15H2. The summed E-state index contributed by atoms with van der Waals surface area (Å²) in [5.41, 5.74) is 1.95. The molecule has 0 fully saturated rings. The second-order valence-corrected chi connectivity index (χ2v) is 3.74. The van der Waals surface area contributed by atoms with Crippen molar-refractivity contribution in [1.82, 2.24) is 20.6 Å². The van der Waals surface area contributed by atoms with Gasteiger partial charge in [-0.3, -0.25) is 10.8 Å². The van der Waals surface area contributed by atoms with E-state index in [0.29, 0.717) is 5.56 Å². The molecule has 5 nitrogen and oxygen atoms in total. The van der Waals surface area contributed by atoms with Crippen LogP contribution in [0.5, 0.6) is 0 Å². The van der Waals surface area contributed by atoms with Crippen LogP contribution < -0.4 is 11.3 Å². The van der Waals surface area contributed by atoms with E-state index in [9.17, 15) is 13.2 Å². The first-order valence-electron chi connectivity index (χ1n) is 5.28. The van der Waals surface area contributed by atoms with Crippen LogP contribution in [0.1, 0.15) is 22.7 Å². The summed E-state index contributed by atoms with van der Waals surface area (Å²) in [6.07, 6.45) is 0.466. The lowest BCUT2D eigenvalue weighted by molar-refractivity contribution is -0.138. The molecular formula is C11H10F3N5. The van der Waals surface area contributed by atoms with Crippen molar-refractivity contribution in [1.29, 1.82) is 0 Å². The maximum atomic E-state index is 12.9. The minimum Gasteiger partial charge on any atom is -0.271 e. The van der Waals surface area contributed by atoms with E-state index in [2.05, 4.69) is 20.6 Å². The predicted molar refractivity (Wildman–Crippen MR) is 60.4 cm³/mol. The summed E-state index contributed by atoms with van der Waals surface area (Å²) in [4.78, 5) is 3.72. The third-order valence-corrected chi connectivity index (χ3v) is 2.58. The number of nitrogens with zero attached hydrogens (tertiary/aromatic N) is 3. The SMILES string of the molecule is NNC(c1ccnnc1)c1cnccc1C(F)(F)F. The monoisotopic (exact) mass is 269 g/mol. The highest BCUT2D eigenvalue weighted by atomic mass is 19.4. The van der Waals surface area contributed by atoms with Gasteiger partial charge in [0.15, 0.2) is 0 Å². The Morgan fingerprint density at radius 2 is 1.89 bits per heavy atom. The van der Waals surface area contributed by atoms with Gasteiger partial charge in [0.25, 0.3) is 0 Å². The van der Waals surface area contributed by atoms with Gasteiger partial charge >= 0.3 is 6.18 Å². The molecule has 2 aromatic rings. The molecule has 0 spiro atoms. The van der Waals surface area contributed by atoms with Crippen LogP contribution in [0.2, 0.25) is 0 Å². The quantitative estimate of drug-likeness (QED) is 0.651. The predicted octanol–water partition coefficient (Wildman–Crippen LogP) is 1.44. The molecule has 0 aliphatic carbocycles. The zero-order valence-corrected chi connectivity index (χ0v) is 9.59. The van der Waals surface area contributed by atoms with Crippen molar-refractivity contribution in [2.75, 3.05) is 0 Å². The molecule has 0 amide bonds. The van der Waals surface area contributed by atoms with Gasteiger partial charge in [-0.15, -0.1) is 0 Å². The molecule has 0 aliphatic rings. The van der Waals surface area contributed by atoms with Crippen LogP contribution in [0.4, 0.5) is 13.2 Å². The van der Waals surface area contributed by atoms with Gasteiger partial charge in [-0.25, -0.2) is 5.43 Å². The fourth-order valence-corrected chi connectivity index (χ4v) is 1.73. The number of aromatic nitrogens is 3. The highest BCUT2D eigenvalue weighted by Gasteiger charge is 2.35. The van der Waals surface area contributed by atoms with Gasteiger partial charge in [0.2, 0.25) is 0 Å². The molecule has 100 valence electrons. The van der Waals surface area contributed by atoms with E-state index in [1.165, 1.54) is 18.5 Å². The van der Waals surface area contributed by atoms with E-state index in [-0.39, 0.29) is 5.56 Å². The van der Waals surface area contributed by atoms with Crippen molar-refractivity contribution >= 4 is 0 Å². The molecule has 0 radical (unpaired) electrons. The second kappa shape index (κ2) is 5.29. The molecule has 2 rings (SSSR count). The van der Waals surface area contributed by atoms with Crippen LogP contribution in [-0.4, -0.2) is 15.2 Å². The van der Waals surface area contributed by atoms with Crippen molar-refractivity contribution in [2.24, 2.45) is 5.84 Å². The highest BCUT2D eigenvalue weighted by molar-refractivity contribution is 5.35. The Hall–Kier alpha value is -2.06. The minimum absolute atomic E-state index is 0.0644. The number of rotatable bonds is 3. The molecule has 1 atom stereocenters. The number of nitrogens with two attached hydrogens (primary N) is 1. The number of pyridine rings is 1. The third-order valence-electron chi connectivity index (χ3n) is 2.58. The van der Waals surface area contributed by atoms with E-state index < -0.39 is 17.8 Å².